The Balaban J connectivity index is 1.71. The molecule has 0 aliphatic heterocycles. The summed E-state index contributed by atoms with van der Waals surface area (Å²) in [5, 5.41) is 19.2. The maximum atomic E-state index is 13.4. The molecular weight excluding hydrogens is 466 g/mol. The molecule has 3 N–H and O–H groups in total. The average molecular weight is 492 g/mol. The van der Waals surface area contributed by atoms with Gasteiger partial charge >= 0.3 is 0 Å². The largest absolute Gasteiger partial charge is 0.395 e. The molecule has 4 rings (SSSR count). The minimum absolute atomic E-state index is 0.0177. The lowest BCUT2D eigenvalue weighted by Gasteiger charge is -2.20. The van der Waals surface area contributed by atoms with Crippen molar-refractivity contribution in [2.45, 2.75) is 17.9 Å². The fourth-order valence-electron chi connectivity index (χ4n) is 3.63. The van der Waals surface area contributed by atoms with Crippen LogP contribution in [0.4, 0.5) is 0 Å². The van der Waals surface area contributed by atoms with E-state index in [-0.39, 0.29) is 23.9 Å². The van der Waals surface area contributed by atoms with E-state index in [1.807, 2.05) is 60.7 Å². The van der Waals surface area contributed by atoms with Gasteiger partial charge in [0.25, 0.3) is 5.91 Å². The number of benzene rings is 3. The number of rotatable bonds is 9. The van der Waals surface area contributed by atoms with Crippen molar-refractivity contribution in [1.29, 1.82) is 0 Å². The van der Waals surface area contributed by atoms with Gasteiger partial charge in [-0.2, -0.15) is 0 Å². The van der Waals surface area contributed by atoms with Gasteiger partial charge in [-0.05, 0) is 35.4 Å². The molecule has 0 fully saturated rings. The third-order valence-corrected chi connectivity index (χ3v) is 6.28. The highest BCUT2D eigenvalue weighted by molar-refractivity contribution is 7.89. The Labute approximate surface area is 203 Å². The Morgan fingerprint density at radius 1 is 0.914 bits per heavy atom. The first kappa shape index (κ1) is 24.3. The fourth-order valence-corrected chi connectivity index (χ4v) is 4.15. The third kappa shape index (κ3) is 5.99. The molecule has 35 heavy (non-hydrogen) atoms. The molecule has 9 nitrogen and oxygen atoms in total. The van der Waals surface area contributed by atoms with E-state index in [9.17, 15) is 18.3 Å². The van der Waals surface area contributed by atoms with Crippen molar-refractivity contribution in [2.75, 3.05) is 13.2 Å². The highest BCUT2D eigenvalue weighted by Crippen LogP contribution is 2.18. The van der Waals surface area contributed by atoms with Gasteiger partial charge in [-0.15, -0.1) is 5.10 Å². The number of carbonyl (C=O) groups excluding carboxylic acids is 1. The first-order valence-electron chi connectivity index (χ1n) is 10.9. The number of sulfonamides is 1. The smallest absolute Gasteiger partial charge is 0.293 e. The molecule has 0 atom stereocenters. The molecule has 1 heterocycles. The Morgan fingerprint density at radius 2 is 1.51 bits per heavy atom. The zero-order valence-corrected chi connectivity index (χ0v) is 19.7. The number of primary sulfonamides is 1. The lowest BCUT2D eigenvalue weighted by Crippen LogP contribution is -2.34. The Kier molecular flexibility index (Phi) is 7.35. The summed E-state index contributed by atoms with van der Waals surface area (Å²) in [5.74, 6) is 0.0690. The van der Waals surface area contributed by atoms with Crippen LogP contribution in [0.5, 0.6) is 0 Å². The van der Waals surface area contributed by atoms with Gasteiger partial charge in [-0.3, -0.25) is 4.79 Å². The van der Waals surface area contributed by atoms with Gasteiger partial charge in [0.1, 0.15) is 5.82 Å². The number of nitrogens with two attached hydrogens (primary N) is 1. The molecular formula is C25H25N5O4S. The van der Waals surface area contributed by atoms with Crippen molar-refractivity contribution in [3.63, 3.8) is 0 Å². The summed E-state index contributed by atoms with van der Waals surface area (Å²) in [6.07, 6.45) is 0.400. The van der Waals surface area contributed by atoms with Gasteiger partial charge in [-0.1, -0.05) is 60.7 Å². The molecule has 1 aromatic heterocycles. The number of hydrogen-bond acceptors (Lipinski definition) is 6. The molecule has 1 amide bonds. The van der Waals surface area contributed by atoms with Crippen LogP contribution in [0.15, 0.2) is 89.8 Å². The number of carbonyl (C=O) groups is 1. The number of aliphatic hydroxyl groups excluding tert-OH is 1. The molecule has 0 radical (unpaired) electrons. The second kappa shape index (κ2) is 10.6. The first-order chi connectivity index (χ1) is 16.8. The highest BCUT2D eigenvalue weighted by Gasteiger charge is 2.23. The van der Waals surface area contributed by atoms with Crippen LogP contribution in [-0.2, 0) is 23.0 Å². The van der Waals surface area contributed by atoms with Crippen molar-refractivity contribution in [1.82, 2.24) is 19.7 Å². The van der Waals surface area contributed by atoms with Crippen molar-refractivity contribution >= 4 is 15.9 Å². The van der Waals surface area contributed by atoms with E-state index in [0.717, 1.165) is 11.1 Å². The summed E-state index contributed by atoms with van der Waals surface area (Å²) >= 11 is 0. The monoisotopic (exact) mass is 491 g/mol. The molecule has 0 saturated heterocycles. The van der Waals surface area contributed by atoms with E-state index in [4.69, 9.17) is 5.14 Å². The maximum absolute atomic E-state index is 13.4. The summed E-state index contributed by atoms with van der Waals surface area (Å²) < 4.78 is 24.8. The van der Waals surface area contributed by atoms with Gasteiger partial charge in [0.15, 0.2) is 0 Å². The van der Waals surface area contributed by atoms with Gasteiger partial charge in [0.05, 0.1) is 17.2 Å². The number of hydrogen-bond donors (Lipinski definition) is 2. The topological polar surface area (TPSA) is 131 Å². The number of amides is 1. The first-order valence-corrected chi connectivity index (χ1v) is 12.5. The van der Waals surface area contributed by atoms with Gasteiger partial charge < -0.3 is 10.0 Å². The molecule has 4 aromatic rings. The molecule has 180 valence electrons. The predicted molar refractivity (Wildman–Crippen MR) is 130 cm³/mol. The summed E-state index contributed by atoms with van der Waals surface area (Å²) in [5.41, 5.74) is 2.42. The Hall–Kier alpha value is -3.86. The summed E-state index contributed by atoms with van der Waals surface area (Å²) in [4.78, 5) is 19.4. The van der Waals surface area contributed by atoms with E-state index in [0.29, 0.717) is 24.5 Å². The Morgan fingerprint density at radius 3 is 2.09 bits per heavy atom. The van der Waals surface area contributed by atoms with Crippen LogP contribution in [0.2, 0.25) is 0 Å². The molecule has 0 bridgehead atoms. The van der Waals surface area contributed by atoms with Gasteiger partial charge in [0, 0.05) is 19.5 Å². The van der Waals surface area contributed by atoms with Crippen molar-refractivity contribution < 1.29 is 18.3 Å². The van der Waals surface area contributed by atoms with E-state index in [2.05, 4.69) is 10.1 Å². The molecule has 0 spiro atoms. The third-order valence-electron chi connectivity index (χ3n) is 5.35. The molecule has 10 heteroatoms. The number of aliphatic hydroxyl groups is 1. The van der Waals surface area contributed by atoms with Crippen molar-refractivity contribution in [3.8, 4) is 5.69 Å². The van der Waals surface area contributed by atoms with Crippen LogP contribution in [0.1, 0.15) is 27.6 Å². The summed E-state index contributed by atoms with van der Waals surface area (Å²) in [6.45, 7) is 0.219. The maximum Gasteiger partial charge on any atom is 0.293 e. The normalized spacial score (nSPS) is 11.4. The van der Waals surface area contributed by atoms with E-state index >= 15 is 0 Å². The summed E-state index contributed by atoms with van der Waals surface area (Å²) in [6, 6.07) is 25.0. The second-order valence-corrected chi connectivity index (χ2v) is 9.46. The predicted octanol–water partition coefficient (Wildman–Crippen LogP) is 2.14. The zero-order chi connectivity index (χ0) is 24.8. The highest BCUT2D eigenvalue weighted by atomic mass is 32.2. The zero-order valence-electron chi connectivity index (χ0n) is 18.9. The number of nitrogens with zero attached hydrogens (tertiary/aromatic N) is 4. The van der Waals surface area contributed by atoms with E-state index in [1.165, 1.54) is 21.7 Å². The number of aromatic nitrogens is 3. The van der Waals surface area contributed by atoms with Crippen molar-refractivity contribution in [2.24, 2.45) is 5.14 Å². The fraction of sp³-hybridized carbons (Fsp3) is 0.160. The second-order valence-electron chi connectivity index (χ2n) is 7.90. The van der Waals surface area contributed by atoms with Crippen LogP contribution in [0.25, 0.3) is 5.69 Å². The van der Waals surface area contributed by atoms with Gasteiger partial charge in [-0.25, -0.2) is 23.2 Å². The van der Waals surface area contributed by atoms with Crippen LogP contribution in [0, 0.1) is 0 Å². The molecule has 0 saturated carbocycles. The summed E-state index contributed by atoms with van der Waals surface area (Å²) in [7, 11) is -3.85. The van der Waals surface area contributed by atoms with E-state index < -0.39 is 15.9 Å². The molecule has 0 aliphatic carbocycles. The van der Waals surface area contributed by atoms with Crippen LogP contribution in [0.3, 0.4) is 0 Å². The SMILES string of the molecule is NS(=O)(=O)c1ccc(-n2nc(C(=O)N(CCO)Cc3ccccc3)nc2Cc2ccccc2)cc1. The van der Waals surface area contributed by atoms with Crippen LogP contribution >= 0.6 is 0 Å². The minimum Gasteiger partial charge on any atom is -0.395 e. The lowest BCUT2D eigenvalue weighted by atomic mass is 10.1. The van der Waals surface area contributed by atoms with E-state index in [1.54, 1.807) is 12.1 Å². The van der Waals surface area contributed by atoms with Gasteiger partial charge in [0.2, 0.25) is 15.8 Å². The quantitative estimate of drug-likeness (QED) is 0.369. The molecule has 3 aromatic carbocycles. The van der Waals surface area contributed by atoms with Crippen molar-refractivity contribution in [3.05, 3.63) is 108 Å². The Bertz CT molecular complexity index is 1390. The van der Waals surface area contributed by atoms with Crippen LogP contribution in [-0.4, -0.2) is 52.2 Å². The standard InChI is InChI=1S/C25H25N5O4S/c26-35(33,34)22-13-11-21(12-14-22)30-23(17-19-7-3-1-4-8-19)27-24(28-30)25(32)29(15-16-31)18-20-9-5-2-6-10-20/h1-14,31H,15-18H2,(H2,26,33,34). The molecule has 0 unspecified atom stereocenters. The minimum atomic E-state index is -3.85. The lowest BCUT2D eigenvalue weighted by molar-refractivity contribution is 0.0695. The molecule has 0 aliphatic rings. The average Bonchev–Trinajstić information content (AvgIpc) is 3.28. The van der Waals surface area contributed by atoms with Crippen LogP contribution < -0.4 is 5.14 Å².